The van der Waals surface area contributed by atoms with Crippen molar-refractivity contribution < 1.29 is 5.11 Å². The Labute approximate surface area is 63.6 Å². The van der Waals surface area contributed by atoms with Crippen LogP contribution in [0.3, 0.4) is 0 Å². The van der Waals surface area contributed by atoms with E-state index in [1.165, 1.54) is 0 Å². The van der Waals surface area contributed by atoms with E-state index >= 15 is 0 Å². The first-order valence-corrected chi connectivity index (χ1v) is 4.02. The third-order valence-corrected chi connectivity index (χ3v) is 1.88. The minimum atomic E-state index is -0.256. The zero-order valence-electron chi connectivity index (χ0n) is 7.39. The molecule has 2 nitrogen and oxygen atoms in total. The van der Waals surface area contributed by atoms with Gasteiger partial charge in [-0.05, 0) is 27.2 Å². The van der Waals surface area contributed by atoms with Crippen molar-refractivity contribution in [3.05, 3.63) is 0 Å². The van der Waals surface area contributed by atoms with E-state index in [1.807, 2.05) is 6.92 Å². The van der Waals surface area contributed by atoms with E-state index in [1.54, 1.807) is 6.92 Å². The molecule has 0 fully saturated rings. The lowest BCUT2D eigenvalue weighted by molar-refractivity contribution is 0.146. The molecule has 0 aliphatic rings. The summed E-state index contributed by atoms with van der Waals surface area (Å²) in [6.07, 6.45) is 0.853. The van der Waals surface area contributed by atoms with Gasteiger partial charge in [-0.2, -0.15) is 0 Å². The molecule has 3 atom stereocenters. The molecule has 0 spiro atoms. The molecule has 0 aromatic carbocycles. The van der Waals surface area contributed by atoms with Gasteiger partial charge >= 0.3 is 0 Å². The quantitative estimate of drug-likeness (QED) is 0.622. The Morgan fingerprint density at radius 3 is 2.10 bits per heavy atom. The van der Waals surface area contributed by atoms with Crippen LogP contribution >= 0.6 is 0 Å². The van der Waals surface area contributed by atoms with Gasteiger partial charge in [-0.1, -0.05) is 6.92 Å². The molecule has 2 N–H and O–H groups in total. The number of aliphatic hydroxyl groups excluding tert-OH is 1. The van der Waals surface area contributed by atoms with Crippen molar-refractivity contribution in [1.82, 2.24) is 5.32 Å². The maximum absolute atomic E-state index is 9.10. The number of hydrogen-bond donors (Lipinski definition) is 2. The predicted octanol–water partition coefficient (Wildman–Crippen LogP) is 1.14. The van der Waals surface area contributed by atoms with Gasteiger partial charge in [0, 0.05) is 12.1 Å². The van der Waals surface area contributed by atoms with E-state index in [2.05, 4.69) is 19.2 Å². The first kappa shape index (κ1) is 9.92. The van der Waals surface area contributed by atoms with E-state index in [9.17, 15) is 0 Å². The molecule has 10 heavy (non-hydrogen) atoms. The van der Waals surface area contributed by atoms with Crippen molar-refractivity contribution in [3.63, 3.8) is 0 Å². The van der Waals surface area contributed by atoms with Crippen molar-refractivity contribution in [2.75, 3.05) is 0 Å². The first-order valence-electron chi connectivity index (χ1n) is 4.02. The highest BCUT2D eigenvalue weighted by molar-refractivity contribution is 4.69. The highest BCUT2D eigenvalue weighted by Gasteiger charge is 2.09. The van der Waals surface area contributed by atoms with Crippen LogP contribution < -0.4 is 5.32 Å². The fourth-order valence-electron chi connectivity index (χ4n) is 0.706. The van der Waals surface area contributed by atoms with E-state index in [-0.39, 0.29) is 12.1 Å². The second-order valence-electron chi connectivity index (χ2n) is 3.01. The van der Waals surface area contributed by atoms with E-state index in [0.717, 1.165) is 6.42 Å². The number of hydrogen-bond acceptors (Lipinski definition) is 2. The Hall–Kier alpha value is -0.0800. The van der Waals surface area contributed by atoms with Gasteiger partial charge in [0.15, 0.2) is 0 Å². The molecule has 0 aliphatic carbocycles. The summed E-state index contributed by atoms with van der Waals surface area (Å²) in [7, 11) is 0. The lowest BCUT2D eigenvalue weighted by Gasteiger charge is -2.20. The number of aliphatic hydroxyl groups is 1. The van der Waals surface area contributed by atoms with Gasteiger partial charge in [0.05, 0.1) is 6.10 Å². The van der Waals surface area contributed by atoms with Crippen molar-refractivity contribution >= 4 is 0 Å². The summed E-state index contributed by atoms with van der Waals surface area (Å²) in [5, 5.41) is 12.4. The lowest BCUT2D eigenvalue weighted by atomic mass is 10.1. The van der Waals surface area contributed by atoms with Crippen LogP contribution in [0.4, 0.5) is 0 Å². The minimum absolute atomic E-state index is 0.204. The molecule has 0 amide bonds. The second kappa shape index (κ2) is 4.69. The first-order chi connectivity index (χ1) is 4.57. The molecular formula is C8H19NO. The van der Waals surface area contributed by atoms with Crippen molar-refractivity contribution in [3.8, 4) is 0 Å². The normalized spacial score (nSPS) is 20.1. The molecule has 0 rings (SSSR count). The molecule has 62 valence electrons. The molecule has 0 radical (unpaired) electrons. The van der Waals surface area contributed by atoms with Crippen LogP contribution in [0.1, 0.15) is 34.1 Å². The summed E-state index contributed by atoms with van der Waals surface area (Å²) in [6.45, 7) is 8.06. The molecule has 0 aromatic heterocycles. The average Bonchev–Trinajstić information content (AvgIpc) is 1.87. The summed E-state index contributed by atoms with van der Waals surface area (Å²) in [4.78, 5) is 0. The highest BCUT2D eigenvalue weighted by Crippen LogP contribution is 1.95. The molecular weight excluding hydrogens is 126 g/mol. The monoisotopic (exact) mass is 145 g/mol. The maximum atomic E-state index is 9.10. The van der Waals surface area contributed by atoms with Crippen LogP contribution in [0, 0.1) is 0 Å². The average molecular weight is 145 g/mol. The van der Waals surface area contributed by atoms with Gasteiger partial charge in [0.2, 0.25) is 0 Å². The molecule has 0 aromatic rings. The second-order valence-corrected chi connectivity index (χ2v) is 3.01. The minimum Gasteiger partial charge on any atom is -0.392 e. The third-order valence-electron chi connectivity index (χ3n) is 1.88. The molecule has 0 bridgehead atoms. The Morgan fingerprint density at radius 2 is 1.80 bits per heavy atom. The summed E-state index contributed by atoms with van der Waals surface area (Å²) in [6, 6.07) is 0.708. The molecule has 3 unspecified atom stereocenters. The molecule has 0 heterocycles. The predicted molar refractivity (Wildman–Crippen MR) is 44.0 cm³/mol. The highest BCUT2D eigenvalue weighted by atomic mass is 16.3. The smallest absolute Gasteiger partial charge is 0.0662 e. The number of rotatable bonds is 4. The Kier molecular flexibility index (Phi) is 4.65. The van der Waals surface area contributed by atoms with Crippen LogP contribution in [0.15, 0.2) is 0 Å². The molecule has 0 aliphatic heterocycles. The topological polar surface area (TPSA) is 32.3 Å². The molecule has 2 heteroatoms. The Bertz CT molecular complexity index is 83.3. The zero-order valence-corrected chi connectivity index (χ0v) is 7.39. The summed E-state index contributed by atoms with van der Waals surface area (Å²) in [5.74, 6) is 0. The van der Waals surface area contributed by atoms with Crippen LogP contribution in [0.5, 0.6) is 0 Å². The molecule has 0 saturated carbocycles. The maximum Gasteiger partial charge on any atom is 0.0662 e. The van der Waals surface area contributed by atoms with Gasteiger partial charge in [-0.15, -0.1) is 0 Å². The van der Waals surface area contributed by atoms with Crippen molar-refractivity contribution in [2.45, 2.75) is 52.3 Å². The van der Waals surface area contributed by atoms with Crippen LogP contribution in [-0.2, 0) is 0 Å². The third kappa shape index (κ3) is 3.85. The van der Waals surface area contributed by atoms with Crippen molar-refractivity contribution in [1.29, 1.82) is 0 Å². The standard InChI is InChI=1S/C8H19NO/c1-5-6(2)9-7(3)8(4)10/h6-10H,5H2,1-4H3. The summed E-state index contributed by atoms with van der Waals surface area (Å²) in [5.41, 5.74) is 0. The SMILES string of the molecule is CCC(C)NC(C)C(C)O. The summed E-state index contributed by atoms with van der Waals surface area (Å²) < 4.78 is 0. The summed E-state index contributed by atoms with van der Waals surface area (Å²) >= 11 is 0. The van der Waals surface area contributed by atoms with Gasteiger partial charge < -0.3 is 10.4 Å². The van der Waals surface area contributed by atoms with E-state index in [4.69, 9.17) is 5.11 Å². The van der Waals surface area contributed by atoms with Crippen LogP contribution in [-0.4, -0.2) is 23.3 Å². The fraction of sp³-hybridized carbons (Fsp3) is 1.00. The van der Waals surface area contributed by atoms with Gasteiger partial charge in [-0.25, -0.2) is 0 Å². The van der Waals surface area contributed by atoms with E-state index in [0.29, 0.717) is 6.04 Å². The van der Waals surface area contributed by atoms with Gasteiger partial charge in [-0.3, -0.25) is 0 Å². The van der Waals surface area contributed by atoms with Gasteiger partial charge in [0.25, 0.3) is 0 Å². The molecule has 0 saturated heterocycles. The van der Waals surface area contributed by atoms with Crippen molar-refractivity contribution in [2.24, 2.45) is 0 Å². The largest absolute Gasteiger partial charge is 0.392 e. The lowest BCUT2D eigenvalue weighted by Crippen LogP contribution is -2.40. The number of nitrogens with one attached hydrogen (secondary N) is 1. The van der Waals surface area contributed by atoms with Crippen LogP contribution in [0.2, 0.25) is 0 Å². The zero-order chi connectivity index (χ0) is 8.15. The van der Waals surface area contributed by atoms with Crippen LogP contribution in [0.25, 0.3) is 0 Å². The Balaban J connectivity index is 3.46. The Morgan fingerprint density at radius 1 is 1.30 bits per heavy atom. The van der Waals surface area contributed by atoms with Gasteiger partial charge in [0.1, 0.15) is 0 Å². The van der Waals surface area contributed by atoms with E-state index < -0.39 is 0 Å². The fourth-order valence-corrected chi connectivity index (χ4v) is 0.706.